The Hall–Kier alpha value is -1.42. The molecule has 0 saturated heterocycles. The second kappa shape index (κ2) is 8.69. The first-order valence-electron chi connectivity index (χ1n) is 7.73. The van der Waals surface area contributed by atoms with Crippen LogP contribution in [0, 0.1) is 31.6 Å². The average molecular weight is 272 g/mol. The van der Waals surface area contributed by atoms with Gasteiger partial charge in [0.15, 0.2) is 0 Å². The molecule has 0 aliphatic heterocycles. The van der Waals surface area contributed by atoms with Gasteiger partial charge in [0, 0.05) is 12.8 Å². The summed E-state index contributed by atoms with van der Waals surface area (Å²) in [5, 5.41) is 0. The molecule has 20 heavy (non-hydrogen) atoms. The molecule has 1 aromatic rings. The Labute approximate surface area is 124 Å². The molecule has 0 bridgehead atoms. The highest BCUT2D eigenvalue weighted by Gasteiger charge is 2.09. The van der Waals surface area contributed by atoms with E-state index in [2.05, 4.69) is 58.6 Å². The summed E-state index contributed by atoms with van der Waals surface area (Å²) in [5.74, 6) is 8.09. The number of unbranched alkanes of at least 4 members (excludes halogenated alkanes) is 1. The first-order valence-corrected chi connectivity index (χ1v) is 7.73. The topological polar surface area (TPSA) is 9.23 Å². The third-order valence-corrected chi connectivity index (χ3v) is 3.08. The van der Waals surface area contributed by atoms with E-state index in [9.17, 15) is 0 Å². The number of hydrogen-bond donors (Lipinski definition) is 0. The van der Waals surface area contributed by atoms with Gasteiger partial charge in [-0.25, -0.2) is 0 Å². The van der Waals surface area contributed by atoms with Crippen molar-refractivity contribution < 1.29 is 4.74 Å². The van der Waals surface area contributed by atoms with Crippen LogP contribution in [0.15, 0.2) is 12.1 Å². The van der Waals surface area contributed by atoms with Crippen LogP contribution in [-0.2, 0) is 6.42 Å². The lowest BCUT2D eigenvalue weighted by Gasteiger charge is -2.16. The molecule has 0 saturated carbocycles. The van der Waals surface area contributed by atoms with Crippen LogP contribution >= 0.6 is 0 Å². The van der Waals surface area contributed by atoms with E-state index in [1.807, 2.05) is 0 Å². The largest absolute Gasteiger partial charge is 0.493 e. The molecule has 0 spiro atoms. The van der Waals surface area contributed by atoms with Gasteiger partial charge in [-0.05, 0) is 43.7 Å². The van der Waals surface area contributed by atoms with E-state index < -0.39 is 0 Å². The summed E-state index contributed by atoms with van der Waals surface area (Å²) in [6.07, 6.45) is 4.04. The van der Waals surface area contributed by atoms with Crippen LogP contribution in [0.4, 0.5) is 0 Å². The summed E-state index contributed by atoms with van der Waals surface area (Å²) in [4.78, 5) is 0. The van der Waals surface area contributed by atoms with Gasteiger partial charge in [-0.2, -0.15) is 0 Å². The van der Waals surface area contributed by atoms with Crippen molar-refractivity contribution in [1.29, 1.82) is 0 Å². The van der Waals surface area contributed by atoms with E-state index in [1.165, 1.54) is 16.7 Å². The fraction of sp³-hybridized carbons (Fsp3) is 0.579. The molecular formula is C19H28O. The van der Waals surface area contributed by atoms with Crippen LogP contribution in [0.3, 0.4) is 0 Å². The van der Waals surface area contributed by atoms with Crippen LogP contribution in [0.5, 0.6) is 5.75 Å². The van der Waals surface area contributed by atoms with E-state index in [-0.39, 0.29) is 0 Å². The molecule has 0 fully saturated rings. The van der Waals surface area contributed by atoms with E-state index in [0.717, 1.165) is 38.0 Å². The summed E-state index contributed by atoms with van der Waals surface area (Å²) in [6.45, 7) is 11.6. The molecule has 1 aromatic carbocycles. The van der Waals surface area contributed by atoms with Gasteiger partial charge in [0.1, 0.15) is 5.75 Å². The quantitative estimate of drug-likeness (QED) is 0.657. The molecule has 0 unspecified atom stereocenters. The number of aryl methyl sites for hydroxylation is 3. The van der Waals surface area contributed by atoms with Crippen molar-refractivity contribution in [1.82, 2.24) is 0 Å². The third-order valence-electron chi connectivity index (χ3n) is 3.08. The number of rotatable bonds is 6. The standard InChI is InChI=1S/C19H28O/c1-6-7-8-9-10-11-18-13-16(4)12-17(5)19(18)20-14-15(2)3/h12-13,15H,6-7,10-11,14H2,1-5H3. The molecule has 0 amide bonds. The summed E-state index contributed by atoms with van der Waals surface area (Å²) < 4.78 is 6.01. The van der Waals surface area contributed by atoms with Crippen molar-refractivity contribution in [2.24, 2.45) is 5.92 Å². The van der Waals surface area contributed by atoms with E-state index in [0.29, 0.717) is 5.92 Å². The minimum Gasteiger partial charge on any atom is -0.493 e. The first-order chi connectivity index (χ1) is 9.54. The van der Waals surface area contributed by atoms with Gasteiger partial charge in [0.05, 0.1) is 6.61 Å². The second-order valence-electron chi connectivity index (χ2n) is 5.88. The number of ether oxygens (including phenoxy) is 1. The van der Waals surface area contributed by atoms with E-state index in [1.54, 1.807) is 0 Å². The second-order valence-corrected chi connectivity index (χ2v) is 5.88. The smallest absolute Gasteiger partial charge is 0.125 e. The fourth-order valence-electron chi connectivity index (χ4n) is 2.18. The highest BCUT2D eigenvalue weighted by molar-refractivity contribution is 5.44. The molecule has 1 heteroatoms. The van der Waals surface area contributed by atoms with Crippen molar-refractivity contribution in [3.8, 4) is 17.6 Å². The lowest BCUT2D eigenvalue weighted by atomic mass is 10.0. The van der Waals surface area contributed by atoms with Crippen molar-refractivity contribution in [2.75, 3.05) is 6.61 Å². The van der Waals surface area contributed by atoms with Crippen LogP contribution in [0.2, 0.25) is 0 Å². The van der Waals surface area contributed by atoms with Gasteiger partial charge in [-0.1, -0.05) is 38.5 Å². The Morgan fingerprint density at radius 1 is 1.10 bits per heavy atom. The van der Waals surface area contributed by atoms with E-state index in [4.69, 9.17) is 4.74 Å². The number of benzene rings is 1. The van der Waals surface area contributed by atoms with Crippen LogP contribution in [0.25, 0.3) is 0 Å². The Balaban J connectivity index is 2.79. The zero-order chi connectivity index (χ0) is 15.0. The Kier molecular flexibility index (Phi) is 7.23. The van der Waals surface area contributed by atoms with Crippen molar-refractivity contribution >= 4 is 0 Å². The highest BCUT2D eigenvalue weighted by Crippen LogP contribution is 2.27. The van der Waals surface area contributed by atoms with Gasteiger partial charge in [-0.3, -0.25) is 0 Å². The maximum absolute atomic E-state index is 6.01. The molecule has 0 heterocycles. The van der Waals surface area contributed by atoms with Crippen LogP contribution < -0.4 is 4.74 Å². The molecule has 0 aliphatic carbocycles. The minimum absolute atomic E-state index is 0.549. The van der Waals surface area contributed by atoms with Gasteiger partial charge in [0.25, 0.3) is 0 Å². The molecule has 0 atom stereocenters. The molecule has 0 aromatic heterocycles. The van der Waals surface area contributed by atoms with Gasteiger partial charge < -0.3 is 4.74 Å². The Bertz CT molecular complexity index is 475. The molecule has 0 aliphatic rings. The SMILES string of the molecule is CCCC#CCCc1cc(C)cc(C)c1OCC(C)C. The Morgan fingerprint density at radius 3 is 2.45 bits per heavy atom. The lowest BCUT2D eigenvalue weighted by Crippen LogP contribution is -2.07. The summed E-state index contributed by atoms with van der Waals surface area (Å²) in [5.41, 5.74) is 3.84. The molecule has 0 N–H and O–H groups in total. The van der Waals surface area contributed by atoms with Gasteiger partial charge in [0.2, 0.25) is 0 Å². The first kappa shape index (κ1) is 16.6. The monoisotopic (exact) mass is 272 g/mol. The predicted octanol–water partition coefficient (Wildman–Crippen LogP) is 5.07. The summed E-state index contributed by atoms with van der Waals surface area (Å²) in [6, 6.07) is 4.44. The van der Waals surface area contributed by atoms with Crippen molar-refractivity contribution in [2.45, 2.75) is 60.3 Å². The normalized spacial score (nSPS) is 10.3. The van der Waals surface area contributed by atoms with Crippen molar-refractivity contribution in [3.05, 3.63) is 28.8 Å². The van der Waals surface area contributed by atoms with Gasteiger partial charge >= 0.3 is 0 Å². The highest BCUT2D eigenvalue weighted by atomic mass is 16.5. The number of hydrogen-bond acceptors (Lipinski definition) is 1. The maximum Gasteiger partial charge on any atom is 0.125 e. The maximum atomic E-state index is 6.01. The fourth-order valence-corrected chi connectivity index (χ4v) is 2.18. The zero-order valence-corrected chi connectivity index (χ0v) is 13.7. The Morgan fingerprint density at radius 2 is 1.80 bits per heavy atom. The lowest BCUT2D eigenvalue weighted by molar-refractivity contribution is 0.267. The van der Waals surface area contributed by atoms with Crippen molar-refractivity contribution in [3.63, 3.8) is 0 Å². The molecule has 1 rings (SSSR count). The third kappa shape index (κ3) is 5.70. The molecule has 110 valence electrons. The molecule has 0 radical (unpaired) electrons. The zero-order valence-electron chi connectivity index (χ0n) is 13.7. The summed E-state index contributed by atoms with van der Waals surface area (Å²) >= 11 is 0. The summed E-state index contributed by atoms with van der Waals surface area (Å²) in [7, 11) is 0. The molecule has 1 nitrogen and oxygen atoms in total. The minimum atomic E-state index is 0.549. The van der Waals surface area contributed by atoms with Gasteiger partial charge in [-0.15, -0.1) is 11.8 Å². The predicted molar refractivity (Wildman–Crippen MR) is 87.3 cm³/mol. The van der Waals surface area contributed by atoms with E-state index >= 15 is 0 Å². The van der Waals surface area contributed by atoms with Crippen LogP contribution in [-0.4, -0.2) is 6.61 Å². The van der Waals surface area contributed by atoms with Crippen LogP contribution in [0.1, 0.15) is 56.7 Å². The average Bonchev–Trinajstić information content (AvgIpc) is 2.36. The molecular weight excluding hydrogens is 244 g/mol.